The van der Waals surface area contributed by atoms with Crippen LogP contribution in [0.15, 0.2) is 48.8 Å². The molecule has 3 aromatic rings. The number of aromatic nitrogens is 2. The number of halogens is 1. The fraction of sp³-hybridized carbons (Fsp3) is 0.263. The van der Waals surface area contributed by atoms with Crippen LogP contribution >= 0.6 is 0 Å². The number of imidazole rings is 1. The highest BCUT2D eigenvalue weighted by atomic mass is 19.1. The molecule has 1 N–H and O–H groups in total. The van der Waals surface area contributed by atoms with E-state index in [0.29, 0.717) is 12.6 Å². The number of nitrogens with one attached hydrogen (secondary N) is 1. The summed E-state index contributed by atoms with van der Waals surface area (Å²) in [6.07, 6.45) is 2.08. The summed E-state index contributed by atoms with van der Waals surface area (Å²) in [4.78, 5) is 16.4. The Morgan fingerprint density at radius 1 is 1.17 bits per heavy atom. The average Bonchev–Trinajstić information content (AvgIpc) is 2.98. The van der Waals surface area contributed by atoms with Crippen LogP contribution in [0.4, 0.5) is 4.39 Å². The average molecular weight is 325 g/mol. The fourth-order valence-corrected chi connectivity index (χ4v) is 2.65. The molecule has 0 aliphatic carbocycles. The first-order valence-electron chi connectivity index (χ1n) is 7.99. The molecule has 4 nitrogen and oxygen atoms in total. The summed E-state index contributed by atoms with van der Waals surface area (Å²) in [5, 5.41) is 2.89. The summed E-state index contributed by atoms with van der Waals surface area (Å²) in [5.74, 6) is -0.386. The Bertz CT molecular complexity index is 853. The topological polar surface area (TPSA) is 46.9 Å². The van der Waals surface area contributed by atoms with Crippen molar-refractivity contribution in [1.82, 2.24) is 14.9 Å². The predicted molar refractivity (Wildman–Crippen MR) is 92.1 cm³/mol. The molecule has 0 aliphatic rings. The Morgan fingerprint density at radius 3 is 2.58 bits per heavy atom. The molecule has 0 saturated heterocycles. The minimum Gasteiger partial charge on any atom is -0.352 e. The summed E-state index contributed by atoms with van der Waals surface area (Å²) in [6, 6.07) is 12.4. The Hall–Kier alpha value is -2.69. The minimum atomic E-state index is -0.298. The highest BCUT2D eigenvalue weighted by Gasteiger charge is 2.07. The van der Waals surface area contributed by atoms with Crippen LogP contribution in [0.5, 0.6) is 0 Å². The maximum Gasteiger partial charge on any atom is 0.224 e. The fourth-order valence-electron chi connectivity index (χ4n) is 2.65. The minimum absolute atomic E-state index is 0.0885. The Balaban J connectivity index is 1.62. The number of benzene rings is 2. The quantitative estimate of drug-likeness (QED) is 0.779. The van der Waals surface area contributed by atoms with Crippen LogP contribution in [0.25, 0.3) is 11.0 Å². The Kier molecular flexibility index (Phi) is 4.60. The number of amides is 1. The van der Waals surface area contributed by atoms with E-state index in [1.165, 1.54) is 12.1 Å². The highest BCUT2D eigenvalue weighted by molar-refractivity contribution is 5.79. The molecule has 0 spiro atoms. The summed E-state index contributed by atoms with van der Waals surface area (Å²) in [7, 11) is 0. The van der Waals surface area contributed by atoms with Crippen LogP contribution in [0.3, 0.4) is 0 Å². The standard InChI is InChI=1S/C19H20FN3O/c1-13(2)23-12-22-17-9-15(5-8-18(17)23)11-21-19(24)10-14-3-6-16(20)7-4-14/h3-9,12-13H,10-11H2,1-2H3,(H,21,24). The molecule has 0 atom stereocenters. The van der Waals surface area contributed by atoms with Gasteiger partial charge in [-0.1, -0.05) is 18.2 Å². The lowest BCUT2D eigenvalue weighted by molar-refractivity contribution is -0.120. The third-order valence-corrected chi connectivity index (χ3v) is 3.96. The van der Waals surface area contributed by atoms with E-state index in [0.717, 1.165) is 22.2 Å². The van der Waals surface area contributed by atoms with Gasteiger partial charge in [-0.05, 0) is 49.2 Å². The number of rotatable bonds is 5. The zero-order valence-corrected chi connectivity index (χ0v) is 13.8. The van der Waals surface area contributed by atoms with Crippen molar-refractivity contribution in [2.24, 2.45) is 0 Å². The van der Waals surface area contributed by atoms with Gasteiger partial charge in [-0.25, -0.2) is 9.37 Å². The van der Waals surface area contributed by atoms with E-state index >= 15 is 0 Å². The van der Waals surface area contributed by atoms with E-state index in [1.807, 2.05) is 24.5 Å². The molecule has 1 amide bonds. The van der Waals surface area contributed by atoms with Gasteiger partial charge in [0, 0.05) is 12.6 Å². The monoisotopic (exact) mass is 325 g/mol. The maximum atomic E-state index is 12.9. The number of fused-ring (bicyclic) bond motifs is 1. The summed E-state index contributed by atoms with van der Waals surface area (Å²) in [6.45, 7) is 4.68. The van der Waals surface area contributed by atoms with Gasteiger partial charge in [0.25, 0.3) is 0 Å². The summed E-state index contributed by atoms with van der Waals surface area (Å²) in [5.41, 5.74) is 3.81. The normalized spacial score (nSPS) is 11.2. The highest BCUT2D eigenvalue weighted by Crippen LogP contribution is 2.18. The number of hydrogen-bond acceptors (Lipinski definition) is 2. The van der Waals surface area contributed by atoms with Crippen molar-refractivity contribution >= 4 is 16.9 Å². The van der Waals surface area contributed by atoms with E-state index in [-0.39, 0.29) is 18.1 Å². The number of nitrogens with zero attached hydrogens (tertiary/aromatic N) is 2. The molecule has 24 heavy (non-hydrogen) atoms. The van der Waals surface area contributed by atoms with Gasteiger partial charge in [0.2, 0.25) is 5.91 Å². The van der Waals surface area contributed by atoms with Gasteiger partial charge < -0.3 is 9.88 Å². The largest absolute Gasteiger partial charge is 0.352 e. The molecule has 0 bridgehead atoms. The molecule has 0 saturated carbocycles. The lowest BCUT2D eigenvalue weighted by Gasteiger charge is -2.09. The Morgan fingerprint density at radius 2 is 1.88 bits per heavy atom. The van der Waals surface area contributed by atoms with E-state index in [2.05, 4.69) is 28.7 Å². The second-order valence-corrected chi connectivity index (χ2v) is 6.15. The maximum absolute atomic E-state index is 12.9. The van der Waals surface area contributed by atoms with Crippen LogP contribution in [-0.4, -0.2) is 15.5 Å². The molecule has 1 aromatic heterocycles. The summed E-state index contributed by atoms with van der Waals surface area (Å²) >= 11 is 0. The molecule has 124 valence electrons. The molecule has 5 heteroatoms. The smallest absolute Gasteiger partial charge is 0.224 e. The van der Waals surface area contributed by atoms with Gasteiger partial charge in [-0.3, -0.25) is 4.79 Å². The van der Waals surface area contributed by atoms with Crippen LogP contribution < -0.4 is 5.32 Å². The zero-order chi connectivity index (χ0) is 17.1. The molecule has 0 unspecified atom stereocenters. The molecule has 2 aromatic carbocycles. The number of hydrogen-bond donors (Lipinski definition) is 1. The van der Waals surface area contributed by atoms with Crippen LogP contribution in [0.2, 0.25) is 0 Å². The van der Waals surface area contributed by atoms with E-state index in [9.17, 15) is 9.18 Å². The molecule has 3 rings (SSSR count). The van der Waals surface area contributed by atoms with Gasteiger partial charge >= 0.3 is 0 Å². The van der Waals surface area contributed by atoms with Crippen molar-refractivity contribution in [2.75, 3.05) is 0 Å². The number of carbonyl (C=O) groups is 1. The van der Waals surface area contributed by atoms with Crippen molar-refractivity contribution in [3.8, 4) is 0 Å². The zero-order valence-electron chi connectivity index (χ0n) is 13.8. The van der Waals surface area contributed by atoms with E-state index < -0.39 is 0 Å². The van der Waals surface area contributed by atoms with Crippen molar-refractivity contribution < 1.29 is 9.18 Å². The van der Waals surface area contributed by atoms with Crippen LogP contribution in [-0.2, 0) is 17.8 Å². The van der Waals surface area contributed by atoms with Gasteiger partial charge in [0.1, 0.15) is 5.82 Å². The number of carbonyl (C=O) groups excluding carboxylic acids is 1. The van der Waals surface area contributed by atoms with Gasteiger partial charge in [0.15, 0.2) is 0 Å². The van der Waals surface area contributed by atoms with Gasteiger partial charge in [-0.15, -0.1) is 0 Å². The SMILES string of the molecule is CC(C)n1cnc2cc(CNC(=O)Cc3ccc(F)cc3)ccc21. The lowest BCUT2D eigenvalue weighted by Crippen LogP contribution is -2.24. The van der Waals surface area contributed by atoms with E-state index in [1.54, 1.807) is 12.1 Å². The van der Waals surface area contributed by atoms with Crippen LogP contribution in [0, 0.1) is 5.82 Å². The second-order valence-electron chi connectivity index (χ2n) is 6.15. The molecule has 0 aliphatic heterocycles. The van der Waals surface area contributed by atoms with Crippen molar-refractivity contribution in [3.63, 3.8) is 0 Å². The van der Waals surface area contributed by atoms with Crippen molar-refractivity contribution in [1.29, 1.82) is 0 Å². The van der Waals surface area contributed by atoms with Crippen LogP contribution in [0.1, 0.15) is 31.0 Å². The van der Waals surface area contributed by atoms with Gasteiger partial charge in [0.05, 0.1) is 23.8 Å². The summed E-state index contributed by atoms with van der Waals surface area (Å²) < 4.78 is 15.0. The first-order chi connectivity index (χ1) is 11.5. The van der Waals surface area contributed by atoms with Gasteiger partial charge in [-0.2, -0.15) is 0 Å². The third-order valence-electron chi connectivity index (χ3n) is 3.96. The van der Waals surface area contributed by atoms with Crippen molar-refractivity contribution in [3.05, 3.63) is 65.7 Å². The molecule has 0 radical (unpaired) electrons. The second kappa shape index (κ2) is 6.83. The molecular formula is C19H20FN3O. The van der Waals surface area contributed by atoms with E-state index in [4.69, 9.17) is 0 Å². The molecule has 1 heterocycles. The molecule has 0 fully saturated rings. The predicted octanol–water partition coefficient (Wildman–Crippen LogP) is 3.62. The van der Waals surface area contributed by atoms with Crippen molar-refractivity contribution in [2.45, 2.75) is 32.9 Å². The molecular weight excluding hydrogens is 305 g/mol. The first-order valence-corrected chi connectivity index (χ1v) is 7.99. The Labute approximate surface area is 140 Å². The first kappa shape index (κ1) is 16.2. The lowest BCUT2D eigenvalue weighted by atomic mass is 10.1. The third kappa shape index (κ3) is 3.62.